The van der Waals surface area contributed by atoms with Gasteiger partial charge in [-0.05, 0) is 25.0 Å². The maximum Gasteiger partial charge on any atom is 0.267 e. The molecule has 138 valence electrons. The van der Waals surface area contributed by atoms with Crippen LogP contribution in [-0.4, -0.2) is 39.9 Å². The van der Waals surface area contributed by atoms with Crippen molar-refractivity contribution in [1.29, 1.82) is 0 Å². The summed E-state index contributed by atoms with van der Waals surface area (Å²) in [4.78, 5) is 28.3. The molecule has 27 heavy (non-hydrogen) atoms. The predicted molar refractivity (Wildman–Crippen MR) is 99.9 cm³/mol. The molecule has 1 saturated heterocycles. The summed E-state index contributed by atoms with van der Waals surface area (Å²) in [6.45, 7) is 0.723. The van der Waals surface area contributed by atoms with E-state index < -0.39 is 0 Å². The number of aromatic amines is 1. The van der Waals surface area contributed by atoms with Crippen LogP contribution < -0.4 is 10.9 Å². The normalized spacial score (nSPS) is 22.2. The Kier molecular flexibility index (Phi) is 3.82. The highest BCUT2D eigenvalue weighted by atomic mass is 16.5. The fourth-order valence-corrected chi connectivity index (χ4v) is 3.70. The van der Waals surface area contributed by atoms with Crippen molar-refractivity contribution in [2.24, 2.45) is 0 Å². The van der Waals surface area contributed by atoms with Crippen molar-refractivity contribution < 1.29 is 9.53 Å². The number of ether oxygens (including phenoxy) is 1. The summed E-state index contributed by atoms with van der Waals surface area (Å²) >= 11 is 0. The van der Waals surface area contributed by atoms with E-state index in [-0.39, 0.29) is 23.6 Å². The van der Waals surface area contributed by atoms with Gasteiger partial charge in [-0.1, -0.05) is 18.2 Å². The minimum atomic E-state index is -0.301. The SMILES string of the molecule is O=C(NC1COCC1n1nc(C2CC2)ccc1=O)c1c[nH]c2ccccc12. The summed E-state index contributed by atoms with van der Waals surface area (Å²) in [6, 6.07) is 10.4. The monoisotopic (exact) mass is 364 g/mol. The zero-order chi connectivity index (χ0) is 18.4. The van der Waals surface area contributed by atoms with Gasteiger partial charge >= 0.3 is 0 Å². The number of fused-ring (bicyclic) bond motifs is 1. The van der Waals surface area contributed by atoms with E-state index >= 15 is 0 Å². The highest BCUT2D eigenvalue weighted by molar-refractivity contribution is 6.06. The Morgan fingerprint density at radius 2 is 2.04 bits per heavy atom. The number of nitrogens with one attached hydrogen (secondary N) is 2. The molecule has 1 amide bonds. The maximum absolute atomic E-state index is 12.8. The second kappa shape index (κ2) is 6.35. The first-order chi connectivity index (χ1) is 13.2. The molecule has 0 bridgehead atoms. The number of rotatable bonds is 4. The van der Waals surface area contributed by atoms with Crippen LogP contribution in [0, 0.1) is 0 Å². The Morgan fingerprint density at radius 1 is 1.19 bits per heavy atom. The third kappa shape index (κ3) is 2.94. The highest BCUT2D eigenvalue weighted by Crippen LogP contribution is 2.38. The maximum atomic E-state index is 12.8. The molecule has 7 nitrogen and oxygen atoms in total. The van der Waals surface area contributed by atoms with Crippen LogP contribution in [0.1, 0.15) is 40.9 Å². The Bertz CT molecular complexity index is 1070. The van der Waals surface area contributed by atoms with Gasteiger partial charge in [0.1, 0.15) is 6.04 Å². The number of carbonyl (C=O) groups is 1. The van der Waals surface area contributed by atoms with E-state index in [1.807, 2.05) is 30.3 Å². The summed E-state index contributed by atoms with van der Waals surface area (Å²) < 4.78 is 7.07. The summed E-state index contributed by atoms with van der Waals surface area (Å²) in [7, 11) is 0. The van der Waals surface area contributed by atoms with Crippen LogP contribution in [0.2, 0.25) is 0 Å². The van der Waals surface area contributed by atoms with Crippen molar-refractivity contribution in [3.8, 4) is 0 Å². The highest BCUT2D eigenvalue weighted by Gasteiger charge is 2.34. The van der Waals surface area contributed by atoms with Crippen molar-refractivity contribution >= 4 is 16.8 Å². The van der Waals surface area contributed by atoms with Gasteiger partial charge in [0, 0.05) is 29.1 Å². The van der Waals surface area contributed by atoms with Crippen molar-refractivity contribution in [2.75, 3.05) is 13.2 Å². The summed E-state index contributed by atoms with van der Waals surface area (Å²) in [5.41, 5.74) is 2.28. The molecule has 0 spiro atoms. The van der Waals surface area contributed by atoms with E-state index in [4.69, 9.17) is 4.74 Å². The molecule has 2 unspecified atom stereocenters. The van der Waals surface area contributed by atoms with E-state index in [9.17, 15) is 9.59 Å². The zero-order valence-electron chi connectivity index (χ0n) is 14.7. The van der Waals surface area contributed by atoms with Gasteiger partial charge in [0.05, 0.1) is 30.5 Å². The first-order valence-electron chi connectivity index (χ1n) is 9.25. The lowest BCUT2D eigenvalue weighted by Crippen LogP contribution is -2.44. The van der Waals surface area contributed by atoms with Gasteiger partial charge in [0.25, 0.3) is 11.5 Å². The van der Waals surface area contributed by atoms with E-state index in [0.29, 0.717) is 24.7 Å². The smallest absolute Gasteiger partial charge is 0.267 e. The van der Waals surface area contributed by atoms with Crippen LogP contribution in [0.15, 0.2) is 47.4 Å². The Labute approximate surface area is 155 Å². The van der Waals surface area contributed by atoms with Crippen LogP contribution in [0.25, 0.3) is 10.9 Å². The van der Waals surface area contributed by atoms with Crippen molar-refractivity contribution in [2.45, 2.75) is 30.8 Å². The molecule has 1 aliphatic carbocycles. The molecular formula is C20H20N4O3. The van der Waals surface area contributed by atoms with Gasteiger partial charge in [-0.3, -0.25) is 9.59 Å². The number of amides is 1. The van der Waals surface area contributed by atoms with Gasteiger partial charge in [-0.25, -0.2) is 4.68 Å². The van der Waals surface area contributed by atoms with Gasteiger partial charge in [-0.15, -0.1) is 0 Å². The molecule has 2 fully saturated rings. The average Bonchev–Trinajstić information content (AvgIpc) is 3.28. The lowest BCUT2D eigenvalue weighted by molar-refractivity contribution is 0.0926. The Hall–Kier alpha value is -2.93. The zero-order valence-corrected chi connectivity index (χ0v) is 14.7. The minimum absolute atomic E-state index is 0.166. The van der Waals surface area contributed by atoms with Crippen LogP contribution in [-0.2, 0) is 4.74 Å². The van der Waals surface area contributed by atoms with Crippen molar-refractivity contribution in [3.63, 3.8) is 0 Å². The van der Waals surface area contributed by atoms with Crippen molar-refractivity contribution in [1.82, 2.24) is 20.1 Å². The largest absolute Gasteiger partial charge is 0.377 e. The van der Waals surface area contributed by atoms with Gasteiger partial charge in [0.15, 0.2) is 0 Å². The molecule has 5 rings (SSSR count). The predicted octanol–water partition coefficient (Wildman–Crippen LogP) is 1.97. The summed E-state index contributed by atoms with van der Waals surface area (Å²) in [5, 5.41) is 8.45. The second-order valence-corrected chi connectivity index (χ2v) is 7.25. The first kappa shape index (κ1) is 16.3. The molecule has 2 aromatic heterocycles. The lowest BCUT2D eigenvalue weighted by atomic mass is 10.1. The molecule has 1 saturated carbocycles. The number of hydrogen-bond acceptors (Lipinski definition) is 4. The third-order valence-corrected chi connectivity index (χ3v) is 5.36. The number of carbonyl (C=O) groups excluding carboxylic acids is 1. The summed E-state index contributed by atoms with van der Waals surface area (Å²) in [6.07, 6.45) is 3.95. The summed E-state index contributed by atoms with van der Waals surface area (Å²) in [5.74, 6) is 0.276. The Balaban J connectivity index is 1.41. The van der Waals surface area contributed by atoms with Crippen LogP contribution in [0.5, 0.6) is 0 Å². The molecule has 3 heterocycles. The molecular weight excluding hydrogens is 344 g/mol. The number of para-hydroxylation sites is 1. The van der Waals surface area contributed by atoms with E-state index in [1.165, 1.54) is 4.68 Å². The minimum Gasteiger partial charge on any atom is -0.377 e. The molecule has 1 aromatic carbocycles. The molecule has 2 atom stereocenters. The fraction of sp³-hybridized carbons (Fsp3) is 0.350. The van der Waals surface area contributed by atoms with E-state index in [0.717, 1.165) is 29.4 Å². The second-order valence-electron chi connectivity index (χ2n) is 7.25. The number of benzene rings is 1. The molecule has 1 aliphatic heterocycles. The number of H-pyrrole nitrogens is 1. The lowest BCUT2D eigenvalue weighted by Gasteiger charge is -2.20. The van der Waals surface area contributed by atoms with Crippen LogP contribution in [0.4, 0.5) is 0 Å². The average molecular weight is 364 g/mol. The Morgan fingerprint density at radius 3 is 2.89 bits per heavy atom. The molecule has 3 aromatic rings. The van der Waals surface area contributed by atoms with Gasteiger partial charge < -0.3 is 15.0 Å². The topological polar surface area (TPSA) is 89.0 Å². The standard InChI is InChI=1S/C20H20N4O3/c25-19-8-7-15(12-5-6-12)23-24(19)18-11-27-10-17(18)22-20(26)14-9-21-16-4-2-1-3-13(14)16/h1-4,7-9,12,17-18,21H,5-6,10-11H2,(H,22,26). The quantitative estimate of drug-likeness (QED) is 0.741. The van der Waals surface area contributed by atoms with E-state index in [2.05, 4.69) is 15.4 Å². The molecule has 2 N–H and O–H groups in total. The molecule has 0 radical (unpaired) electrons. The third-order valence-electron chi connectivity index (χ3n) is 5.36. The fourth-order valence-electron chi connectivity index (χ4n) is 3.70. The van der Waals surface area contributed by atoms with Crippen LogP contribution in [0.3, 0.4) is 0 Å². The number of aromatic nitrogens is 3. The van der Waals surface area contributed by atoms with Crippen molar-refractivity contribution in [3.05, 3.63) is 64.2 Å². The van der Waals surface area contributed by atoms with E-state index in [1.54, 1.807) is 12.3 Å². The first-order valence-corrected chi connectivity index (χ1v) is 9.25. The molecule has 2 aliphatic rings. The van der Waals surface area contributed by atoms with Gasteiger partial charge in [-0.2, -0.15) is 5.10 Å². The van der Waals surface area contributed by atoms with Crippen LogP contribution >= 0.6 is 0 Å². The molecule has 7 heteroatoms. The number of nitrogens with zero attached hydrogens (tertiary/aromatic N) is 2. The van der Waals surface area contributed by atoms with Gasteiger partial charge in [0.2, 0.25) is 0 Å². The number of hydrogen-bond donors (Lipinski definition) is 2.